The fraction of sp³-hybridized carbons (Fsp3) is 0.811. The summed E-state index contributed by atoms with van der Waals surface area (Å²) in [6.45, 7) is 9.61. The Morgan fingerprint density at radius 1 is 0.540 bits per heavy atom. The third-order valence-corrected chi connectivity index (χ3v) is 13.2. The summed E-state index contributed by atoms with van der Waals surface area (Å²) in [7, 11) is 4.19. The maximum atomic E-state index is 12.6. The smallest absolute Gasteiger partial charge is 0.309 e. The number of esters is 3. The maximum absolute atomic E-state index is 12.6. The summed E-state index contributed by atoms with van der Waals surface area (Å²) < 4.78 is 16.9. The molecule has 63 heavy (non-hydrogen) atoms. The molecule has 2 atom stereocenters. The molecule has 0 aliphatic carbocycles. The van der Waals surface area contributed by atoms with Crippen molar-refractivity contribution in [2.24, 2.45) is 23.7 Å². The Balaban J connectivity index is 0.000000445. The fourth-order valence-corrected chi connectivity index (χ4v) is 8.77. The summed E-state index contributed by atoms with van der Waals surface area (Å²) in [5, 5.41) is 8.88. The minimum absolute atomic E-state index is 0.0266. The van der Waals surface area contributed by atoms with Crippen molar-refractivity contribution in [3.05, 3.63) is 35.9 Å². The van der Waals surface area contributed by atoms with Crippen LogP contribution >= 0.6 is 0 Å². The third kappa shape index (κ3) is 30.0. The van der Waals surface area contributed by atoms with Crippen LogP contribution in [0.3, 0.4) is 0 Å². The Labute approximate surface area is 384 Å². The molecule has 2 heterocycles. The van der Waals surface area contributed by atoms with Crippen LogP contribution in [0, 0.1) is 23.7 Å². The van der Waals surface area contributed by atoms with Crippen LogP contribution in [0.25, 0.3) is 0 Å². The summed E-state index contributed by atoms with van der Waals surface area (Å²) in [6, 6.07) is 9.78. The van der Waals surface area contributed by atoms with Crippen molar-refractivity contribution in [3.63, 3.8) is 0 Å². The van der Waals surface area contributed by atoms with E-state index < -0.39 is 5.97 Å². The van der Waals surface area contributed by atoms with E-state index in [-0.39, 0.29) is 36.2 Å². The molecule has 0 radical (unpaired) electrons. The predicted octanol–water partition coefficient (Wildman–Crippen LogP) is 12.2. The van der Waals surface area contributed by atoms with Gasteiger partial charge in [0.05, 0.1) is 25.0 Å². The van der Waals surface area contributed by atoms with Gasteiger partial charge in [0, 0.05) is 12.8 Å². The normalized spacial score (nSPS) is 16.1. The minimum atomic E-state index is -0.742. The molecule has 1 N–H and O–H groups in total. The molecule has 2 saturated heterocycles. The average Bonchev–Trinajstić information content (AvgIpc) is 3.28. The number of rotatable bonds is 34. The Hall–Kier alpha value is -2.98. The van der Waals surface area contributed by atoms with E-state index >= 15 is 0 Å². The van der Waals surface area contributed by atoms with Crippen LogP contribution in [0.5, 0.6) is 0 Å². The second kappa shape index (κ2) is 37.3. The fourth-order valence-electron chi connectivity index (χ4n) is 8.77. The van der Waals surface area contributed by atoms with E-state index in [4.69, 9.17) is 19.3 Å². The Bertz CT molecular complexity index is 1290. The monoisotopic (exact) mass is 885 g/mol. The number of carboxylic acids is 1. The zero-order valence-corrected chi connectivity index (χ0v) is 40.6. The number of benzene rings is 1. The van der Waals surface area contributed by atoms with Gasteiger partial charge >= 0.3 is 23.9 Å². The van der Waals surface area contributed by atoms with Gasteiger partial charge in [-0.3, -0.25) is 19.2 Å². The van der Waals surface area contributed by atoms with Gasteiger partial charge in [-0.1, -0.05) is 147 Å². The van der Waals surface area contributed by atoms with Crippen molar-refractivity contribution >= 4 is 23.9 Å². The molecule has 1 aromatic carbocycles. The van der Waals surface area contributed by atoms with Gasteiger partial charge in [0.2, 0.25) is 0 Å². The highest BCUT2D eigenvalue weighted by Crippen LogP contribution is 2.24. The van der Waals surface area contributed by atoms with Crippen LogP contribution in [-0.4, -0.2) is 92.3 Å². The first-order valence-electron chi connectivity index (χ1n) is 25.7. The van der Waals surface area contributed by atoms with Gasteiger partial charge in [-0.25, -0.2) is 0 Å². The highest BCUT2D eigenvalue weighted by atomic mass is 16.5. The molecule has 0 saturated carbocycles. The first kappa shape index (κ1) is 56.2. The summed E-state index contributed by atoms with van der Waals surface area (Å²) in [5.41, 5.74) is 1.01. The Morgan fingerprint density at radius 3 is 1.33 bits per heavy atom. The lowest BCUT2D eigenvalue weighted by Gasteiger charge is -2.28. The Kier molecular flexibility index (Phi) is 33.2. The summed E-state index contributed by atoms with van der Waals surface area (Å²) in [6.07, 6.45) is 30.1. The lowest BCUT2D eigenvalue weighted by Crippen LogP contribution is -2.34. The number of hydrogen-bond donors (Lipinski definition) is 1. The zero-order chi connectivity index (χ0) is 45.8. The second-order valence-corrected chi connectivity index (χ2v) is 19.0. The SMILES string of the molecule is CCCCCCCCCCC(CCCC(=O)O)COC(=O)C1CCN(C)CC1.CCCCCCCCCCC(CCCC(=O)OCc1ccccc1)COC(=O)C1CCN(C)CC1. The molecule has 2 aliphatic rings. The van der Waals surface area contributed by atoms with Gasteiger partial charge in [0.15, 0.2) is 0 Å². The van der Waals surface area contributed by atoms with E-state index in [9.17, 15) is 19.2 Å². The standard InChI is InChI=1S/C30H49NO4.C23H43NO4/c1-3-4-5-6-7-8-9-11-15-27(25-35-30(33)28-20-22-31(2)23-21-28)18-14-19-29(32)34-24-26-16-12-10-13-17-26;1-3-4-5-6-7-8-9-10-12-20(13-11-14-22(25)26)19-28-23(27)21-15-17-24(2)18-16-21/h10,12-13,16-17,27-28H,3-9,11,14-15,18-25H2,1-2H3;20-21H,3-19H2,1-2H3,(H,25,26). The van der Waals surface area contributed by atoms with Crippen LogP contribution in [0.2, 0.25) is 0 Å². The van der Waals surface area contributed by atoms with Gasteiger partial charge in [-0.05, 0) is 122 Å². The number of aliphatic carboxylic acids is 1. The van der Waals surface area contributed by atoms with Crippen molar-refractivity contribution in [1.29, 1.82) is 0 Å². The van der Waals surface area contributed by atoms with E-state index in [0.717, 1.165) is 96.0 Å². The maximum Gasteiger partial charge on any atom is 0.309 e. The number of hydrogen-bond acceptors (Lipinski definition) is 9. The average molecular weight is 885 g/mol. The van der Waals surface area contributed by atoms with Crippen molar-refractivity contribution in [3.8, 4) is 0 Å². The first-order chi connectivity index (χ1) is 30.6. The van der Waals surface area contributed by atoms with Crippen molar-refractivity contribution in [2.45, 2.75) is 200 Å². The molecule has 0 amide bonds. The van der Waals surface area contributed by atoms with Crippen LogP contribution in [0.4, 0.5) is 0 Å². The molecule has 362 valence electrons. The molecule has 0 spiro atoms. The van der Waals surface area contributed by atoms with Crippen LogP contribution in [0.15, 0.2) is 30.3 Å². The number of carboxylic acid groups (broad SMARTS) is 1. The molecular weight excluding hydrogens is 793 g/mol. The number of ether oxygens (including phenoxy) is 3. The summed E-state index contributed by atoms with van der Waals surface area (Å²) >= 11 is 0. The van der Waals surface area contributed by atoms with Crippen LogP contribution in [-0.2, 0) is 40.0 Å². The molecule has 0 bridgehead atoms. The second-order valence-electron chi connectivity index (χ2n) is 19.0. The third-order valence-electron chi connectivity index (χ3n) is 13.2. The van der Waals surface area contributed by atoms with E-state index in [2.05, 4.69) is 37.7 Å². The largest absolute Gasteiger partial charge is 0.481 e. The van der Waals surface area contributed by atoms with Crippen LogP contribution in [0.1, 0.15) is 199 Å². The minimum Gasteiger partial charge on any atom is -0.481 e. The van der Waals surface area contributed by atoms with Gasteiger partial charge in [-0.15, -0.1) is 0 Å². The number of piperidine rings is 2. The van der Waals surface area contributed by atoms with E-state index in [1.165, 1.54) is 96.3 Å². The van der Waals surface area contributed by atoms with Crippen LogP contribution < -0.4 is 0 Å². The van der Waals surface area contributed by atoms with E-state index in [1.54, 1.807) is 0 Å². The lowest BCUT2D eigenvalue weighted by molar-refractivity contribution is -0.152. The summed E-state index contributed by atoms with van der Waals surface area (Å²) in [4.78, 5) is 52.5. The molecule has 2 fully saturated rings. The highest BCUT2D eigenvalue weighted by Gasteiger charge is 2.27. The van der Waals surface area contributed by atoms with Crippen molar-refractivity contribution < 1.29 is 38.5 Å². The van der Waals surface area contributed by atoms with Gasteiger partial charge in [0.25, 0.3) is 0 Å². The quantitative estimate of drug-likeness (QED) is 0.0406. The molecule has 2 unspecified atom stereocenters. The molecular formula is C53H92N2O8. The van der Waals surface area contributed by atoms with Crippen molar-refractivity contribution in [1.82, 2.24) is 9.80 Å². The number of carbonyl (C=O) groups is 4. The predicted molar refractivity (Wildman–Crippen MR) is 255 cm³/mol. The number of likely N-dealkylation sites (tertiary alicyclic amines) is 2. The first-order valence-corrected chi connectivity index (χ1v) is 25.7. The number of nitrogens with zero attached hydrogens (tertiary/aromatic N) is 2. The highest BCUT2D eigenvalue weighted by molar-refractivity contribution is 5.73. The van der Waals surface area contributed by atoms with E-state index in [1.807, 2.05) is 30.3 Å². The molecule has 10 nitrogen and oxygen atoms in total. The molecule has 0 aromatic heterocycles. The molecule has 3 rings (SSSR count). The van der Waals surface area contributed by atoms with Gasteiger partial charge in [0.1, 0.15) is 6.61 Å². The Morgan fingerprint density at radius 2 is 0.921 bits per heavy atom. The zero-order valence-electron chi connectivity index (χ0n) is 40.6. The van der Waals surface area contributed by atoms with E-state index in [0.29, 0.717) is 44.5 Å². The van der Waals surface area contributed by atoms with Crippen molar-refractivity contribution in [2.75, 3.05) is 53.5 Å². The summed E-state index contributed by atoms with van der Waals surface area (Å²) in [5.74, 6) is -0.255. The van der Waals surface area contributed by atoms with Gasteiger partial charge in [-0.2, -0.15) is 0 Å². The topological polar surface area (TPSA) is 123 Å². The molecule has 1 aromatic rings. The lowest BCUT2D eigenvalue weighted by atomic mass is 9.95. The number of unbranched alkanes of at least 4 members (excludes halogenated alkanes) is 14. The van der Waals surface area contributed by atoms with Gasteiger partial charge < -0.3 is 29.1 Å². The molecule has 10 heteroatoms. The number of carbonyl (C=O) groups excluding carboxylic acids is 3. The molecule has 2 aliphatic heterocycles.